The fourth-order valence-electron chi connectivity index (χ4n) is 2.39. The van der Waals surface area contributed by atoms with Crippen molar-refractivity contribution in [2.45, 2.75) is 36.2 Å². The monoisotopic (exact) mass is 353 g/mol. The van der Waals surface area contributed by atoms with Crippen molar-refractivity contribution in [2.24, 2.45) is 5.73 Å². The molecule has 0 saturated carbocycles. The van der Waals surface area contributed by atoms with Gasteiger partial charge in [-0.2, -0.15) is 0 Å². The van der Waals surface area contributed by atoms with Crippen molar-refractivity contribution < 1.29 is 22.8 Å². The third-order valence-corrected chi connectivity index (χ3v) is 5.51. The van der Waals surface area contributed by atoms with Crippen LogP contribution >= 0.6 is 0 Å². The lowest BCUT2D eigenvalue weighted by Crippen LogP contribution is -2.51. The van der Waals surface area contributed by atoms with Gasteiger partial charge in [-0.15, -0.1) is 0 Å². The predicted octanol–water partition coefficient (Wildman–Crippen LogP) is -0.901. The van der Waals surface area contributed by atoms with Gasteiger partial charge in [-0.05, 0) is 25.0 Å². The minimum Gasteiger partial charge on any atom is -0.368 e. The molecule has 0 bridgehead atoms. The molecular weight excluding hydrogens is 334 g/mol. The number of nitrogens with one attached hydrogen (secondary N) is 2. The van der Waals surface area contributed by atoms with Crippen LogP contribution in [0, 0.1) is 0 Å². The van der Waals surface area contributed by atoms with Crippen LogP contribution in [0.4, 0.5) is 0 Å². The van der Waals surface area contributed by atoms with E-state index in [1.54, 1.807) is 18.2 Å². The van der Waals surface area contributed by atoms with Gasteiger partial charge in [0.1, 0.15) is 12.1 Å². The van der Waals surface area contributed by atoms with Crippen LogP contribution in [0.1, 0.15) is 19.3 Å². The number of hydrogen-bond donors (Lipinski definition) is 3. The van der Waals surface area contributed by atoms with E-state index in [4.69, 9.17) is 5.73 Å². The predicted molar refractivity (Wildman–Crippen MR) is 85.4 cm³/mol. The van der Waals surface area contributed by atoms with E-state index in [9.17, 15) is 22.8 Å². The van der Waals surface area contributed by atoms with Crippen molar-refractivity contribution in [3.8, 4) is 0 Å². The van der Waals surface area contributed by atoms with Gasteiger partial charge in [0.15, 0.2) is 9.84 Å². The molecule has 130 valence electrons. The summed E-state index contributed by atoms with van der Waals surface area (Å²) in [5.41, 5.74) is 5.24. The Labute approximate surface area is 139 Å². The second kappa shape index (κ2) is 7.43. The average molecular weight is 353 g/mol. The van der Waals surface area contributed by atoms with E-state index in [1.165, 1.54) is 12.1 Å². The molecule has 0 spiro atoms. The molecule has 0 aliphatic carbocycles. The van der Waals surface area contributed by atoms with E-state index in [-0.39, 0.29) is 29.4 Å². The summed E-state index contributed by atoms with van der Waals surface area (Å²) >= 11 is 0. The first kappa shape index (κ1) is 17.9. The van der Waals surface area contributed by atoms with E-state index in [1.807, 2.05) is 0 Å². The Bertz CT molecular complexity index is 733. The van der Waals surface area contributed by atoms with E-state index >= 15 is 0 Å². The number of nitrogens with two attached hydrogens (primary N) is 1. The molecule has 2 rings (SSSR count). The van der Waals surface area contributed by atoms with Gasteiger partial charge in [-0.1, -0.05) is 18.2 Å². The van der Waals surface area contributed by atoms with Gasteiger partial charge in [0, 0.05) is 6.42 Å². The highest BCUT2D eigenvalue weighted by molar-refractivity contribution is 7.91. The first-order valence-corrected chi connectivity index (χ1v) is 9.11. The van der Waals surface area contributed by atoms with E-state index < -0.39 is 33.7 Å². The molecule has 24 heavy (non-hydrogen) atoms. The first-order valence-electron chi connectivity index (χ1n) is 7.46. The van der Waals surface area contributed by atoms with E-state index in [0.29, 0.717) is 6.42 Å². The Morgan fingerprint density at radius 3 is 2.50 bits per heavy atom. The fraction of sp³-hybridized carbons (Fsp3) is 0.400. The summed E-state index contributed by atoms with van der Waals surface area (Å²) in [6.07, 6.45) is 0.430. The molecule has 1 aromatic rings. The smallest absolute Gasteiger partial charge is 0.243 e. The lowest BCUT2D eigenvalue weighted by atomic mass is 10.1. The van der Waals surface area contributed by atoms with Crippen LogP contribution in [0.15, 0.2) is 35.2 Å². The molecule has 0 radical (unpaired) electrons. The maximum Gasteiger partial charge on any atom is 0.243 e. The lowest BCUT2D eigenvalue weighted by Gasteiger charge is -2.18. The molecule has 9 heteroatoms. The number of sulfone groups is 1. The molecule has 1 aliphatic rings. The molecule has 1 fully saturated rings. The Hall–Kier alpha value is -2.42. The van der Waals surface area contributed by atoms with Gasteiger partial charge in [0.25, 0.3) is 0 Å². The van der Waals surface area contributed by atoms with Crippen molar-refractivity contribution in [3.63, 3.8) is 0 Å². The van der Waals surface area contributed by atoms with Crippen LogP contribution in [-0.2, 0) is 24.2 Å². The SMILES string of the molecule is NC(=O)[C@@H](CCS(=O)(=O)c1ccccc1)NC(=O)[C@H]1CCC(=O)N1. The molecule has 3 amide bonds. The molecule has 4 N–H and O–H groups in total. The normalized spacial score (nSPS) is 18.7. The largest absolute Gasteiger partial charge is 0.368 e. The highest BCUT2D eigenvalue weighted by Crippen LogP contribution is 2.13. The van der Waals surface area contributed by atoms with Gasteiger partial charge in [0.2, 0.25) is 17.7 Å². The molecule has 1 aliphatic heterocycles. The molecule has 8 nitrogen and oxygen atoms in total. The minimum absolute atomic E-state index is 0.140. The van der Waals surface area contributed by atoms with Gasteiger partial charge in [-0.3, -0.25) is 14.4 Å². The fourth-order valence-corrected chi connectivity index (χ4v) is 3.74. The van der Waals surface area contributed by atoms with Crippen LogP contribution in [0.3, 0.4) is 0 Å². The zero-order chi connectivity index (χ0) is 17.7. The van der Waals surface area contributed by atoms with Crippen molar-refractivity contribution in [1.82, 2.24) is 10.6 Å². The highest BCUT2D eigenvalue weighted by atomic mass is 32.2. The first-order chi connectivity index (χ1) is 11.3. The van der Waals surface area contributed by atoms with E-state index in [2.05, 4.69) is 10.6 Å². The van der Waals surface area contributed by atoms with Crippen molar-refractivity contribution >= 4 is 27.6 Å². The van der Waals surface area contributed by atoms with Gasteiger partial charge in [0.05, 0.1) is 10.6 Å². The number of rotatable bonds is 7. The summed E-state index contributed by atoms with van der Waals surface area (Å²) in [5, 5.41) is 4.89. The Morgan fingerprint density at radius 2 is 1.96 bits per heavy atom. The molecule has 1 aromatic carbocycles. The Morgan fingerprint density at radius 1 is 1.29 bits per heavy atom. The van der Waals surface area contributed by atoms with Gasteiger partial charge < -0.3 is 16.4 Å². The highest BCUT2D eigenvalue weighted by Gasteiger charge is 2.30. The summed E-state index contributed by atoms with van der Waals surface area (Å²) in [6, 6.07) is 5.98. The third-order valence-electron chi connectivity index (χ3n) is 3.75. The van der Waals surface area contributed by atoms with Crippen molar-refractivity contribution in [3.05, 3.63) is 30.3 Å². The number of amides is 3. The number of primary amides is 1. The minimum atomic E-state index is -3.58. The number of benzene rings is 1. The van der Waals surface area contributed by atoms with Crippen LogP contribution in [0.2, 0.25) is 0 Å². The zero-order valence-corrected chi connectivity index (χ0v) is 13.7. The van der Waals surface area contributed by atoms with Crippen molar-refractivity contribution in [1.29, 1.82) is 0 Å². The molecule has 1 saturated heterocycles. The molecule has 1 heterocycles. The summed E-state index contributed by atoms with van der Waals surface area (Å²) in [6.45, 7) is 0. The molecule has 0 unspecified atom stereocenters. The zero-order valence-electron chi connectivity index (χ0n) is 12.9. The molecule has 0 aromatic heterocycles. The second-order valence-electron chi connectivity index (χ2n) is 5.54. The third kappa shape index (κ3) is 4.54. The standard InChI is InChI=1S/C15H19N3O5S/c16-14(20)11(18-15(21)12-6-7-13(19)17-12)8-9-24(22,23)10-4-2-1-3-5-10/h1-5,11-12H,6-9H2,(H2,16,20)(H,17,19)(H,18,21)/t11-,12-/m1/s1. The average Bonchev–Trinajstić information content (AvgIpc) is 2.98. The summed E-state index contributed by atoms with van der Waals surface area (Å²) in [5.74, 6) is -1.93. The molecule has 2 atom stereocenters. The van der Waals surface area contributed by atoms with Crippen LogP contribution in [0.25, 0.3) is 0 Å². The summed E-state index contributed by atoms with van der Waals surface area (Å²) < 4.78 is 24.4. The van der Waals surface area contributed by atoms with Crippen LogP contribution < -0.4 is 16.4 Å². The second-order valence-corrected chi connectivity index (χ2v) is 7.65. The van der Waals surface area contributed by atoms with Crippen LogP contribution in [-0.4, -0.2) is 44.0 Å². The lowest BCUT2D eigenvalue weighted by molar-refractivity contribution is -0.129. The maximum atomic E-state index is 12.2. The number of carbonyl (C=O) groups excluding carboxylic acids is 3. The van der Waals surface area contributed by atoms with Crippen molar-refractivity contribution in [2.75, 3.05) is 5.75 Å². The quantitative estimate of drug-likeness (QED) is 0.584. The number of hydrogen-bond acceptors (Lipinski definition) is 5. The van der Waals surface area contributed by atoms with E-state index in [0.717, 1.165) is 0 Å². The topological polar surface area (TPSA) is 135 Å². The molecular formula is C15H19N3O5S. The number of carbonyl (C=O) groups is 3. The van der Waals surface area contributed by atoms with Crippen LogP contribution in [0.5, 0.6) is 0 Å². The Balaban J connectivity index is 1.98. The maximum absolute atomic E-state index is 12.2. The van der Waals surface area contributed by atoms with Gasteiger partial charge >= 0.3 is 0 Å². The summed E-state index contributed by atoms with van der Waals surface area (Å²) in [4.78, 5) is 34.8. The summed E-state index contributed by atoms with van der Waals surface area (Å²) in [7, 11) is -3.58. The van der Waals surface area contributed by atoms with Gasteiger partial charge in [-0.25, -0.2) is 8.42 Å². The Kier molecular flexibility index (Phi) is 5.55.